The van der Waals surface area contributed by atoms with E-state index in [0.717, 1.165) is 37.3 Å². The second-order valence-electron chi connectivity index (χ2n) is 6.83. The number of rotatable bonds is 5. The summed E-state index contributed by atoms with van der Waals surface area (Å²) in [6.45, 7) is 4.63. The largest absolute Gasteiger partial charge is 0.467 e. The molecule has 1 aliphatic rings. The molecule has 2 heterocycles. The Labute approximate surface area is 149 Å². The van der Waals surface area contributed by atoms with Gasteiger partial charge in [0.25, 0.3) is 0 Å². The van der Waals surface area contributed by atoms with E-state index in [1.165, 1.54) is 5.56 Å². The van der Waals surface area contributed by atoms with E-state index < -0.39 is 0 Å². The summed E-state index contributed by atoms with van der Waals surface area (Å²) in [6.07, 6.45) is 7.26. The molecule has 4 heteroatoms. The minimum absolute atomic E-state index is 0.0486. The van der Waals surface area contributed by atoms with Gasteiger partial charge in [0.2, 0.25) is 5.91 Å². The summed E-state index contributed by atoms with van der Waals surface area (Å²) < 4.78 is 5.48. The highest BCUT2D eigenvalue weighted by Crippen LogP contribution is 2.19. The van der Waals surface area contributed by atoms with Crippen molar-refractivity contribution in [2.45, 2.75) is 32.4 Å². The van der Waals surface area contributed by atoms with E-state index >= 15 is 0 Å². The number of carbonyl (C=O) groups excluding carboxylic acids is 1. The fraction of sp³-hybridized carbons (Fsp3) is 0.381. The Bertz CT molecular complexity index is 713. The summed E-state index contributed by atoms with van der Waals surface area (Å²) in [6, 6.07) is 12.2. The highest BCUT2D eigenvalue weighted by molar-refractivity contribution is 5.92. The molecule has 1 aliphatic heterocycles. The number of piperidine rings is 1. The molecule has 0 N–H and O–H groups in total. The van der Waals surface area contributed by atoms with E-state index in [2.05, 4.69) is 31.0 Å². The SMILES string of the molecule is Cc1cccc(/C=C/C(=O)N(Cc2ccco2)C2CCN(C)CC2)c1. The van der Waals surface area contributed by atoms with Crippen molar-refractivity contribution in [3.8, 4) is 0 Å². The lowest BCUT2D eigenvalue weighted by molar-refractivity contribution is -0.130. The van der Waals surface area contributed by atoms with Crippen molar-refractivity contribution in [2.24, 2.45) is 0 Å². The average Bonchev–Trinajstić information content (AvgIpc) is 3.12. The molecule has 1 aromatic carbocycles. The third-order valence-electron chi connectivity index (χ3n) is 4.78. The topological polar surface area (TPSA) is 36.7 Å². The molecule has 1 saturated heterocycles. The van der Waals surface area contributed by atoms with Gasteiger partial charge in [0.15, 0.2) is 0 Å². The molecule has 1 fully saturated rings. The maximum Gasteiger partial charge on any atom is 0.247 e. The quantitative estimate of drug-likeness (QED) is 0.780. The summed E-state index contributed by atoms with van der Waals surface area (Å²) in [4.78, 5) is 17.2. The first-order valence-corrected chi connectivity index (χ1v) is 8.88. The van der Waals surface area contributed by atoms with E-state index in [1.807, 2.05) is 35.2 Å². The Morgan fingerprint density at radius 1 is 1.28 bits per heavy atom. The number of hydrogen-bond acceptors (Lipinski definition) is 3. The summed E-state index contributed by atoms with van der Waals surface area (Å²) in [7, 11) is 2.13. The monoisotopic (exact) mass is 338 g/mol. The molecule has 1 aromatic heterocycles. The third kappa shape index (κ3) is 4.83. The molecule has 25 heavy (non-hydrogen) atoms. The molecule has 0 radical (unpaired) electrons. The van der Waals surface area contributed by atoms with E-state index in [0.29, 0.717) is 6.54 Å². The number of amides is 1. The predicted molar refractivity (Wildman–Crippen MR) is 100.0 cm³/mol. The van der Waals surface area contributed by atoms with Crippen LogP contribution in [0.15, 0.2) is 53.2 Å². The molecule has 0 spiro atoms. The van der Waals surface area contributed by atoms with Crippen molar-refractivity contribution in [1.82, 2.24) is 9.80 Å². The molecule has 0 bridgehead atoms. The van der Waals surface area contributed by atoms with E-state index in [9.17, 15) is 4.79 Å². The zero-order valence-electron chi connectivity index (χ0n) is 15.0. The molecular weight excluding hydrogens is 312 g/mol. The van der Waals surface area contributed by atoms with Gasteiger partial charge in [-0.05, 0) is 63.7 Å². The first-order chi connectivity index (χ1) is 12.1. The van der Waals surface area contributed by atoms with Crippen molar-refractivity contribution in [1.29, 1.82) is 0 Å². The lowest BCUT2D eigenvalue weighted by Crippen LogP contribution is -2.45. The molecule has 2 aromatic rings. The summed E-state index contributed by atoms with van der Waals surface area (Å²) in [5.41, 5.74) is 2.24. The van der Waals surface area contributed by atoms with Gasteiger partial charge >= 0.3 is 0 Å². The standard InChI is InChI=1S/C21H26N2O2/c1-17-5-3-6-18(15-17)8-9-21(24)23(16-20-7-4-14-25-20)19-10-12-22(2)13-11-19/h3-9,14-15,19H,10-13,16H2,1-2H3/b9-8+. The lowest BCUT2D eigenvalue weighted by Gasteiger charge is -2.36. The molecule has 1 amide bonds. The van der Waals surface area contributed by atoms with Gasteiger partial charge in [-0.15, -0.1) is 0 Å². The van der Waals surface area contributed by atoms with E-state index in [-0.39, 0.29) is 11.9 Å². The van der Waals surface area contributed by atoms with Gasteiger partial charge in [0.05, 0.1) is 12.8 Å². The van der Waals surface area contributed by atoms with Crippen LogP contribution in [0.4, 0.5) is 0 Å². The summed E-state index contributed by atoms with van der Waals surface area (Å²) in [5.74, 6) is 0.878. The average molecular weight is 338 g/mol. The van der Waals surface area contributed by atoms with Crippen LogP contribution in [0, 0.1) is 6.92 Å². The fourth-order valence-electron chi connectivity index (χ4n) is 3.30. The van der Waals surface area contributed by atoms with Crippen LogP contribution >= 0.6 is 0 Å². The smallest absolute Gasteiger partial charge is 0.247 e. The van der Waals surface area contributed by atoms with E-state index in [1.54, 1.807) is 12.3 Å². The Morgan fingerprint density at radius 3 is 2.76 bits per heavy atom. The third-order valence-corrected chi connectivity index (χ3v) is 4.78. The van der Waals surface area contributed by atoms with Gasteiger partial charge in [0.1, 0.15) is 5.76 Å². The van der Waals surface area contributed by atoms with Crippen LogP contribution in [0.5, 0.6) is 0 Å². The predicted octanol–water partition coefficient (Wildman–Crippen LogP) is 3.72. The lowest BCUT2D eigenvalue weighted by atomic mass is 10.0. The number of aryl methyl sites for hydroxylation is 1. The van der Waals surface area contributed by atoms with Gasteiger partial charge in [-0.3, -0.25) is 4.79 Å². The van der Waals surface area contributed by atoms with Crippen molar-refractivity contribution in [3.63, 3.8) is 0 Å². The number of hydrogen-bond donors (Lipinski definition) is 0. The molecule has 0 unspecified atom stereocenters. The zero-order valence-corrected chi connectivity index (χ0v) is 15.0. The molecule has 4 nitrogen and oxygen atoms in total. The first-order valence-electron chi connectivity index (χ1n) is 8.88. The van der Waals surface area contributed by atoms with Crippen molar-refractivity contribution < 1.29 is 9.21 Å². The van der Waals surface area contributed by atoms with Crippen molar-refractivity contribution in [2.75, 3.05) is 20.1 Å². The molecule has 0 aliphatic carbocycles. The van der Waals surface area contributed by atoms with Gasteiger partial charge in [-0.25, -0.2) is 0 Å². The van der Waals surface area contributed by atoms with Crippen LogP contribution in [-0.2, 0) is 11.3 Å². The highest BCUT2D eigenvalue weighted by atomic mass is 16.3. The van der Waals surface area contributed by atoms with Crippen LogP contribution in [-0.4, -0.2) is 41.9 Å². The van der Waals surface area contributed by atoms with Gasteiger partial charge < -0.3 is 14.2 Å². The number of benzene rings is 1. The molecule has 132 valence electrons. The summed E-state index contributed by atoms with van der Waals surface area (Å²) in [5, 5.41) is 0. The van der Waals surface area contributed by atoms with Crippen molar-refractivity contribution in [3.05, 3.63) is 65.6 Å². The first kappa shape index (κ1) is 17.5. The van der Waals surface area contributed by atoms with Crippen LogP contribution < -0.4 is 0 Å². The molecular formula is C21H26N2O2. The highest BCUT2D eigenvalue weighted by Gasteiger charge is 2.26. The number of nitrogens with zero attached hydrogens (tertiary/aromatic N) is 2. The van der Waals surface area contributed by atoms with E-state index in [4.69, 9.17) is 4.42 Å². The molecule has 3 rings (SSSR count). The Hall–Kier alpha value is -2.33. The molecule has 0 atom stereocenters. The fourth-order valence-corrected chi connectivity index (χ4v) is 3.30. The van der Waals surface area contributed by atoms with Crippen LogP contribution in [0.1, 0.15) is 29.7 Å². The Morgan fingerprint density at radius 2 is 2.08 bits per heavy atom. The number of carbonyl (C=O) groups is 1. The van der Waals surface area contributed by atoms with Gasteiger partial charge in [-0.1, -0.05) is 29.8 Å². The normalized spacial score (nSPS) is 16.4. The number of likely N-dealkylation sites (tertiary alicyclic amines) is 1. The minimum Gasteiger partial charge on any atom is -0.467 e. The maximum atomic E-state index is 12.9. The van der Waals surface area contributed by atoms with Crippen LogP contribution in [0.2, 0.25) is 0 Å². The Kier molecular flexibility index (Phi) is 5.71. The van der Waals surface area contributed by atoms with Crippen molar-refractivity contribution >= 4 is 12.0 Å². The maximum absolute atomic E-state index is 12.9. The van der Waals surface area contributed by atoms with Crippen LogP contribution in [0.25, 0.3) is 6.08 Å². The minimum atomic E-state index is 0.0486. The second kappa shape index (κ2) is 8.17. The van der Waals surface area contributed by atoms with Crippen LogP contribution in [0.3, 0.4) is 0 Å². The second-order valence-corrected chi connectivity index (χ2v) is 6.83. The zero-order chi connectivity index (χ0) is 17.6. The van der Waals surface area contributed by atoms with Gasteiger partial charge in [-0.2, -0.15) is 0 Å². The molecule has 0 saturated carbocycles. The number of furan rings is 1. The summed E-state index contributed by atoms with van der Waals surface area (Å²) >= 11 is 0. The Balaban J connectivity index is 1.74. The van der Waals surface area contributed by atoms with Gasteiger partial charge in [0, 0.05) is 12.1 Å².